The van der Waals surface area contributed by atoms with Crippen LogP contribution in [0.1, 0.15) is 25.3 Å². The minimum atomic E-state index is -0.502. The van der Waals surface area contributed by atoms with Gasteiger partial charge in [0.15, 0.2) is 5.58 Å². The number of benzene rings is 1. The highest BCUT2D eigenvalue weighted by atomic mass is 16.4. The summed E-state index contributed by atoms with van der Waals surface area (Å²) in [7, 11) is 0. The summed E-state index contributed by atoms with van der Waals surface area (Å²) >= 11 is 0. The van der Waals surface area contributed by atoms with Crippen LogP contribution >= 0.6 is 0 Å². The lowest BCUT2D eigenvalue weighted by Crippen LogP contribution is -2.22. The number of nitrogens with one attached hydrogen (secondary N) is 2. The highest BCUT2D eigenvalue weighted by molar-refractivity contribution is 5.83. The zero-order chi connectivity index (χ0) is 13.8. The fraction of sp³-hybridized carbons (Fsp3) is 0.308. The first-order valence-electron chi connectivity index (χ1n) is 5.92. The molecule has 2 rings (SSSR count). The van der Waals surface area contributed by atoms with E-state index < -0.39 is 5.76 Å². The van der Waals surface area contributed by atoms with Gasteiger partial charge in [0.25, 0.3) is 0 Å². The van der Waals surface area contributed by atoms with Crippen LogP contribution < -0.4 is 11.1 Å². The van der Waals surface area contributed by atoms with Gasteiger partial charge in [-0.15, -0.1) is 0 Å². The molecule has 1 heterocycles. The van der Waals surface area contributed by atoms with Crippen molar-refractivity contribution in [2.75, 3.05) is 0 Å². The predicted molar refractivity (Wildman–Crippen MR) is 68.6 cm³/mol. The number of carbonyl (C=O) groups is 2. The van der Waals surface area contributed by atoms with E-state index >= 15 is 0 Å². The summed E-state index contributed by atoms with van der Waals surface area (Å²) in [6, 6.07) is 5.20. The first-order chi connectivity index (χ1) is 9.04. The van der Waals surface area contributed by atoms with Crippen LogP contribution in [0, 0.1) is 0 Å². The van der Waals surface area contributed by atoms with Gasteiger partial charge >= 0.3 is 5.76 Å². The highest BCUT2D eigenvalue weighted by Gasteiger charge is 2.05. The summed E-state index contributed by atoms with van der Waals surface area (Å²) < 4.78 is 4.93. The van der Waals surface area contributed by atoms with Crippen molar-refractivity contribution in [3.63, 3.8) is 0 Å². The molecule has 0 atom stereocenters. The van der Waals surface area contributed by atoms with E-state index in [-0.39, 0.29) is 24.5 Å². The fourth-order valence-corrected chi connectivity index (χ4v) is 1.68. The average molecular weight is 262 g/mol. The number of aromatic nitrogens is 1. The van der Waals surface area contributed by atoms with Gasteiger partial charge in [0.1, 0.15) is 5.78 Å². The zero-order valence-electron chi connectivity index (χ0n) is 10.5. The second-order valence-electron chi connectivity index (χ2n) is 4.32. The lowest BCUT2D eigenvalue weighted by atomic mass is 10.2. The molecule has 6 heteroatoms. The zero-order valence-corrected chi connectivity index (χ0v) is 10.5. The number of ketones is 1. The summed E-state index contributed by atoms with van der Waals surface area (Å²) in [6.07, 6.45) is 0.439. The predicted octanol–water partition coefficient (Wildman–Crippen LogP) is 1.11. The van der Waals surface area contributed by atoms with E-state index in [0.717, 1.165) is 5.56 Å². The van der Waals surface area contributed by atoms with Crippen molar-refractivity contribution in [2.24, 2.45) is 0 Å². The first kappa shape index (κ1) is 13.1. The number of carbonyl (C=O) groups excluding carboxylic acids is 2. The summed E-state index contributed by atoms with van der Waals surface area (Å²) in [6.45, 7) is 1.79. The average Bonchev–Trinajstić information content (AvgIpc) is 2.73. The molecule has 0 aliphatic carbocycles. The van der Waals surface area contributed by atoms with Gasteiger partial charge in [0.05, 0.1) is 5.52 Å². The fourth-order valence-electron chi connectivity index (χ4n) is 1.68. The molecular formula is C13H14N2O4. The molecule has 6 nitrogen and oxygen atoms in total. The van der Waals surface area contributed by atoms with Gasteiger partial charge in [-0.25, -0.2) is 4.79 Å². The van der Waals surface area contributed by atoms with Crippen LogP contribution in [-0.4, -0.2) is 16.7 Å². The molecule has 1 amide bonds. The Morgan fingerprint density at radius 3 is 2.84 bits per heavy atom. The largest absolute Gasteiger partial charge is 0.417 e. The monoisotopic (exact) mass is 262 g/mol. The van der Waals surface area contributed by atoms with Gasteiger partial charge in [-0.05, 0) is 24.6 Å². The topological polar surface area (TPSA) is 92.2 Å². The maximum Gasteiger partial charge on any atom is 0.417 e. The molecular weight excluding hydrogens is 248 g/mol. The van der Waals surface area contributed by atoms with E-state index in [1.165, 1.54) is 6.92 Å². The van der Waals surface area contributed by atoms with Gasteiger partial charge in [-0.3, -0.25) is 9.78 Å². The molecule has 2 aromatic rings. The third-order valence-corrected chi connectivity index (χ3v) is 2.68. The van der Waals surface area contributed by atoms with Gasteiger partial charge in [0, 0.05) is 19.4 Å². The van der Waals surface area contributed by atoms with E-state index in [1.54, 1.807) is 18.2 Å². The molecule has 0 spiro atoms. The number of Topliss-reactive ketones (excluding diaryl/α,β-unsaturated/α-hetero) is 1. The third kappa shape index (κ3) is 3.54. The smallest absolute Gasteiger partial charge is 0.408 e. The molecule has 100 valence electrons. The quantitative estimate of drug-likeness (QED) is 0.844. The van der Waals surface area contributed by atoms with Gasteiger partial charge in [-0.2, -0.15) is 0 Å². The van der Waals surface area contributed by atoms with Gasteiger partial charge in [-0.1, -0.05) is 6.07 Å². The Morgan fingerprint density at radius 2 is 2.11 bits per heavy atom. The summed E-state index contributed by atoms with van der Waals surface area (Å²) in [4.78, 5) is 35.7. The SMILES string of the molecule is CC(=O)CCC(=O)NCc1ccc2[nH]c(=O)oc2c1. The molecule has 0 saturated heterocycles. The number of fused-ring (bicyclic) bond motifs is 1. The standard InChI is InChI=1S/C13H14N2O4/c1-8(16)2-5-12(17)14-7-9-3-4-10-11(6-9)19-13(18)15-10/h3-4,6H,2,5,7H2,1H3,(H,14,17)(H,15,18). The van der Waals surface area contributed by atoms with Crippen LogP contribution in [-0.2, 0) is 16.1 Å². The van der Waals surface area contributed by atoms with Crippen molar-refractivity contribution in [3.8, 4) is 0 Å². The Bertz CT molecular complexity index is 669. The maximum atomic E-state index is 11.4. The van der Waals surface area contributed by atoms with Crippen molar-refractivity contribution in [3.05, 3.63) is 34.3 Å². The van der Waals surface area contributed by atoms with Crippen molar-refractivity contribution >= 4 is 22.8 Å². The van der Waals surface area contributed by atoms with E-state index in [4.69, 9.17) is 4.42 Å². The van der Waals surface area contributed by atoms with Gasteiger partial charge in [0.2, 0.25) is 5.91 Å². The second-order valence-corrected chi connectivity index (χ2v) is 4.32. The van der Waals surface area contributed by atoms with E-state index in [9.17, 15) is 14.4 Å². The Hall–Kier alpha value is -2.37. The summed E-state index contributed by atoms with van der Waals surface area (Å²) in [5.74, 6) is -0.686. The van der Waals surface area contributed by atoms with E-state index in [0.29, 0.717) is 17.6 Å². The van der Waals surface area contributed by atoms with Crippen LogP contribution in [0.2, 0.25) is 0 Å². The molecule has 0 radical (unpaired) electrons. The molecule has 1 aromatic heterocycles. The Labute approximate surface area is 108 Å². The van der Waals surface area contributed by atoms with Crippen LogP contribution in [0.15, 0.2) is 27.4 Å². The maximum absolute atomic E-state index is 11.4. The molecule has 0 bridgehead atoms. The number of oxazole rings is 1. The van der Waals surface area contributed by atoms with Crippen molar-refractivity contribution in [1.82, 2.24) is 10.3 Å². The summed E-state index contributed by atoms with van der Waals surface area (Å²) in [5, 5.41) is 2.70. The van der Waals surface area contributed by atoms with Crippen molar-refractivity contribution in [1.29, 1.82) is 0 Å². The van der Waals surface area contributed by atoms with Crippen LogP contribution in [0.5, 0.6) is 0 Å². The number of hydrogen-bond acceptors (Lipinski definition) is 4. The molecule has 0 aliphatic heterocycles. The molecule has 2 N–H and O–H groups in total. The van der Waals surface area contributed by atoms with E-state index in [1.807, 2.05) is 0 Å². The number of hydrogen-bond donors (Lipinski definition) is 2. The minimum absolute atomic E-state index is 0.00864. The molecule has 19 heavy (non-hydrogen) atoms. The first-order valence-corrected chi connectivity index (χ1v) is 5.92. The third-order valence-electron chi connectivity index (χ3n) is 2.68. The Kier molecular flexibility index (Phi) is 3.79. The number of amides is 1. The van der Waals surface area contributed by atoms with Crippen molar-refractivity contribution in [2.45, 2.75) is 26.3 Å². The Balaban J connectivity index is 1.95. The second kappa shape index (κ2) is 5.51. The van der Waals surface area contributed by atoms with Crippen LogP contribution in [0.3, 0.4) is 0 Å². The van der Waals surface area contributed by atoms with Crippen LogP contribution in [0.4, 0.5) is 0 Å². The normalized spacial score (nSPS) is 10.6. The summed E-state index contributed by atoms with van der Waals surface area (Å²) in [5.41, 5.74) is 1.91. The molecule has 0 unspecified atom stereocenters. The van der Waals surface area contributed by atoms with E-state index in [2.05, 4.69) is 10.3 Å². The van der Waals surface area contributed by atoms with Gasteiger partial charge < -0.3 is 14.5 Å². The number of rotatable bonds is 5. The molecule has 0 saturated carbocycles. The molecule has 0 aliphatic rings. The lowest BCUT2D eigenvalue weighted by Gasteiger charge is -2.04. The minimum Gasteiger partial charge on any atom is -0.408 e. The molecule has 0 fully saturated rings. The van der Waals surface area contributed by atoms with Crippen LogP contribution in [0.25, 0.3) is 11.1 Å². The number of H-pyrrole nitrogens is 1. The lowest BCUT2D eigenvalue weighted by molar-refractivity contribution is -0.124. The highest BCUT2D eigenvalue weighted by Crippen LogP contribution is 2.12. The number of aromatic amines is 1. The Morgan fingerprint density at radius 1 is 1.32 bits per heavy atom. The van der Waals surface area contributed by atoms with Crippen molar-refractivity contribution < 1.29 is 14.0 Å². The molecule has 1 aromatic carbocycles.